The summed E-state index contributed by atoms with van der Waals surface area (Å²) >= 11 is 0. The second-order valence-corrected chi connectivity index (χ2v) is 11.3. The number of nitriles is 2. The number of carbonyl (C=O) groups excluding carboxylic acids is 1. The van der Waals surface area contributed by atoms with E-state index in [1.165, 1.54) is 11.1 Å². The number of amides is 1. The number of piperazine rings is 2. The first-order chi connectivity index (χ1) is 20.4. The van der Waals surface area contributed by atoms with Crippen molar-refractivity contribution in [3.8, 4) is 12.1 Å². The highest BCUT2D eigenvalue weighted by Crippen LogP contribution is 2.26. The summed E-state index contributed by atoms with van der Waals surface area (Å²) in [7, 11) is 0. The number of benzene rings is 3. The van der Waals surface area contributed by atoms with Gasteiger partial charge in [-0.05, 0) is 79.4 Å². The first-order valence-corrected chi connectivity index (χ1v) is 14.8. The van der Waals surface area contributed by atoms with E-state index in [1.807, 2.05) is 48.2 Å². The summed E-state index contributed by atoms with van der Waals surface area (Å²) in [5.74, 6) is 0.0729. The van der Waals surface area contributed by atoms with E-state index >= 15 is 0 Å². The number of aryl methyl sites for hydroxylation is 2. The van der Waals surface area contributed by atoms with Gasteiger partial charge in [0.1, 0.15) is 12.1 Å². The number of rotatable bonds is 7. The highest BCUT2D eigenvalue weighted by molar-refractivity contribution is 5.96. The molecule has 2 aliphatic heterocycles. The second-order valence-electron chi connectivity index (χ2n) is 11.3. The molecular formula is C34H39N7O. The number of hydrogen-bond acceptors (Lipinski definition) is 7. The Balaban J connectivity index is 1.23. The summed E-state index contributed by atoms with van der Waals surface area (Å²) in [5, 5.41) is 19.2. The maximum Gasteiger partial charge on any atom is 0.254 e. The number of anilines is 2. The smallest absolute Gasteiger partial charge is 0.254 e. The summed E-state index contributed by atoms with van der Waals surface area (Å²) in [6.45, 7) is 11.6. The maximum atomic E-state index is 13.7. The van der Waals surface area contributed by atoms with Crippen LogP contribution < -0.4 is 15.5 Å². The van der Waals surface area contributed by atoms with Gasteiger partial charge in [0.15, 0.2) is 0 Å². The van der Waals surface area contributed by atoms with Gasteiger partial charge in [0.2, 0.25) is 0 Å². The van der Waals surface area contributed by atoms with Crippen molar-refractivity contribution in [3.63, 3.8) is 0 Å². The fourth-order valence-corrected chi connectivity index (χ4v) is 6.11. The number of nitrogens with zero attached hydrogens (tertiary/aromatic N) is 6. The van der Waals surface area contributed by atoms with E-state index in [2.05, 4.69) is 52.0 Å². The zero-order valence-electron chi connectivity index (χ0n) is 24.6. The van der Waals surface area contributed by atoms with Crippen LogP contribution in [-0.2, 0) is 13.0 Å². The molecule has 8 heteroatoms. The summed E-state index contributed by atoms with van der Waals surface area (Å²) in [4.78, 5) is 22.6. The molecule has 2 saturated heterocycles. The van der Waals surface area contributed by atoms with Crippen LogP contribution in [0.15, 0.2) is 54.6 Å². The van der Waals surface area contributed by atoms with E-state index in [9.17, 15) is 15.3 Å². The molecule has 2 fully saturated rings. The van der Waals surface area contributed by atoms with Gasteiger partial charge in [-0.25, -0.2) is 0 Å². The van der Waals surface area contributed by atoms with Crippen LogP contribution in [-0.4, -0.2) is 74.6 Å². The molecule has 216 valence electrons. The number of nitrogens with two attached hydrogens (primary N) is 1. The van der Waals surface area contributed by atoms with Gasteiger partial charge in [-0.15, -0.1) is 0 Å². The van der Waals surface area contributed by atoms with E-state index in [4.69, 9.17) is 5.73 Å². The molecule has 0 unspecified atom stereocenters. The predicted octanol–water partition coefficient (Wildman–Crippen LogP) is 3.83. The van der Waals surface area contributed by atoms with Gasteiger partial charge in [0.25, 0.3) is 5.91 Å². The van der Waals surface area contributed by atoms with Gasteiger partial charge in [0, 0.05) is 64.5 Å². The van der Waals surface area contributed by atoms with Crippen molar-refractivity contribution in [3.05, 3.63) is 93.5 Å². The molecule has 8 nitrogen and oxygen atoms in total. The van der Waals surface area contributed by atoms with Crippen LogP contribution in [0.2, 0.25) is 0 Å². The van der Waals surface area contributed by atoms with Crippen LogP contribution in [0.25, 0.3) is 0 Å². The Kier molecular flexibility index (Phi) is 9.07. The lowest BCUT2D eigenvalue weighted by atomic mass is 9.98. The molecule has 2 aliphatic rings. The number of carbonyl (C=O) groups is 1. The summed E-state index contributed by atoms with van der Waals surface area (Å²) in [5.41, 5.74) is 14.3. The molecular weight excluding hydrogens is 522 g/mol. The van der Waals surface area contributed by atoms with Crippen LogP contribution in [0, 0.1) is 36.5 Å². The Bertz CT molecular complexity index is 1520. The lowest BCUT2D eigenvalue weighted by molar-refractivity contribution is 0.0746. The fourth-order valence-electron chi connectivity index (χ4n) is 6.11. The predicted molar refractivity (Wildman–Crippen MR) is 167 cm³/mol. The van der Waals surface area contributed by atoms with Gasteiger partial charge < -0.3 is 20.4 Å². The molecule has 0 radical (unpaired) electrons. The van der Waals surface area contributed by atoms with Crippen molar-refractivity contribution < 1.29 is 4.79 Å². The van der Waals surface area contributed by atoms with Crippen molar-refractivity contribution in [1.29, 1.82) is 10.5 Å². The van der Waals surface area contributed by atoms with E-state index < -0.39 is 0 Å². The normalized spacial score (nSPS) is 15.8. The summed E-state index contributed by atoms with van der Waals surface area (Å²) < 4.78 is 0. The third kappa shape index (κ3) is 6.26. The highest BCUT2D eigenvalue weighted by atomic mass is 16.2. The minimum absolute atomic E-state index is 0.0729. The summed E-state index contributed by atoms with van der Waals surface area (Å²) in [6.07, 6.45) is 0.775. The quantitative estimate of drug-likeness (QED) is 0.468. The molecule has 0 aromatic heterocycles. The van der Waals surface area contributed by atoms with Crippen LogP contribution >= 0.6 is 0 Å². The third-order valence-corrected chi connectivity index (χ3v) is 8.57. The average molecular weight is 562 g/mol. The maximum absolute atomic E-state index is 13.7. The molecule has 1 amide bonds. The number of hydrogen-bond donors (Lipinski definition) is 1. The average Bonchev–Trinajstić information content (AvgIpc) is 3.02. The molecule has 2 heterocycles. The summed E-state index contributed by atoms with van der Waals surface area (Å²) in [6, 6.07) is 22.6. The molecule has 0 aliphatic carbocycles. The Morgan fingerprint density at radius 3 is 2.12 bits per heavy atom. The Labute approximate surface area is 249 Å². The van der Waals surface area contributed by atoms with Crippen LogP contribution in [0.3, 0.4) is 0 Å². The van der Waals surface area contributed by atoms with Gasteiger partial charge in [0.05, 0.1) is 22.5 Å². The molecule has 0 bridgehead atoms. The van der Waals surface area contributed by atoms with Crippen molar-refractivity contribution in [2.24, 2.45) is 5.73 Å². The number of para-hydroxylation sites is 1. The Hall–Kier alpha value is -4.37. The van der Waals surface area contributed by atoms with Crippen LogP contribution in [0.1, 0.15) is 43.7 Å². The van der Waals surface area contributed by atoms with Crippen LogP contribution in [0.5, 0.6) is 0 Å². The first kappa shape index (κ1) is 29.1. The Morgan fingerprint density at radius 2 is 1.43 bits per heavy atom. The molecule has 3 aromatic carbocycles. The zero-order chi connectivity index (χ0) is 29.6. The SMILES string of the molecule is Cc1cc(C)c(C(=O)N2CCN(c3cc(CCN)ccc3C#N)CC2)cc1CN1CCN(c2ccccc2C#N)CC1. The van der Waals surface area contributed by atoms with E-state index in [1.54, 1.807) is 0 Å². The van der Waals surface area contributed by atoms with Crippen molar-refractivity contribution >= 4 is 17.3 Å². The minimum Gasteiger partial charge on any atom is -0.368 e. The van der Waals surface area contributed by atoms with Gasteiger partial charge in [-0.1, -0.05) is 24.3 Å². The molecule has 0 saturated carbocycles. The monoisotopic (exact) mass is 561 g/mol. The third-order valence-electron chi connectivity index (χ3n) is 8.57. The lowest BCUT2D eigenvalue weighted by Crippen LogP contribution is -2.49. The first-order valence-electron chi connectivity index (χ1n) is 14.8. The van der Waals surface area contributed by atoms with Gasteiger partial charge in [-0.3, -0.25) is 9.69 Å². The van der Waals surface area contributed by atoms with Crippen molar-refractivity contribution in [1.82, 2.24) is 9.80 Å². The Morgan fingerprint density at radius 1 is 0.786 bits per heavy atom. The largest absolute Gasteiger partial charge is 0.368 e. The minimum atomic E-state index is 0.0729. The molecule has 2 N–H and O–H groups in total. The topological polar surface area (TPSA) is 104 Å². The molecule has 0 atom stereocenters. The van der Waals surface area contributed by atoms with Crippen molar-refractivity contribution in [2.75, 3.05) is 68.7 Å². The van der Waals surface area contributed by atoms with E-state index in [0.717, 1.165) is 72.8 Å². The molecule has 42 heavy (non-hydrogen) atoms. The van der Waals surface area contributed by atoms with Crippen LogP contribution in [0.4, 0.5) is 11.4 Å². The second kappa shape index (κ2) is 13.1. The van der Waals surface area contributed by atoms with Gasteiger partial charge >= 0.3 is 0 Å². The highest BCUT2D eigenvalue weighted by Gasteiger charge is 2.26. The van der Waals surface area contributed by atoms with Gasteiger partial charge in [-0.2, -0.15) is 10.5 Å². The lowest BCUT2D eigenvalue weighted by Gasteiger charge is -2.37. The standard InChI is InChI=1S/C34H39N7O/c1-25-19-26(2)31(21-30(25)24-38-11-13-39(14-12-38)32-6-4-3-5-28(32)22-36)34(42)41-17-15-40(16-18-41)33-20-27(9-10-35)7-8-29(33)23-37/h3-8,19-21H,9-18,24,35H2,1-2H3. The molecule has 5 rings (SSSR count). The van der Waals surface area contributed by atoms with Crippen molar-refractivity contribution in [2.45, 2.75) is 26.8 Å². The van der Waals surface area contributed by atoms with E-state index in [-0.39, 0.29) is 5.91 Å². The fraction of sp³-hybridized carbons (Fsp3) is 0.382. The molecule has 3 aromatic rings. The van der Waals surface area contributed by atoms with E-state index in [0.29, 0.717) is 38.3 Å². The molecule has 0 spiro atoms. The zero-order valence-corrected chi connectivity index (χ0v) is 24.6.